The van der Waals surface area contributed by atoms with E-state index in [-0.39, 0.29) is 16.3 Å². The first-order valence-corrected chi connectivity index (χ1v) is 4.34. The molecule has 5 heteroatoms. The molecule has 0 aliphatic rings. The number of hydrogen-bond donors (Lipinski definition) is 2. The molecule has 0 spiro atoms. The molecular weight excluding hydrogens is 218 g/mol. The standard InChI is InChI=1S/C11H6F2O3/c12-8-4-6-3-5(11(15)16)1-2-7(6)9(13)10(8)14/h1-4,14H,(H,15,16). The number of aromatic hydroxyl groups is 1. The van der Waals surface area contributed by atoms with Crippen LogP contribution in [0.1, 0.15) is 10.4 Å². The monoisotopic (exact) mass is 224 g/mol. The number of aromatic carboxylic acids is 1. The molecule has 0 saturated carbocycles. The molecule has 0 aromatic heterocycles. The van der Waals surface area contributed by atoms with Crippen LogP contribution in [0.5, 0.6) is 5.75 Å². The Hall–Kier alpha value is -2.17. The van der Waals surface area contributed by atoms with E-state index in [0.29, 0.717) is 0 Å². The number of phenolic OH excluding ortho intramolecular Hbond substituents is 1. The predicted octanol–water partition coefficient (Wildman–Crippen LogP) is 2.52. The minimum absolute atomic E-state index is 0.0242. The van der Waals surface area contributed by atoms with Gasteiger partial charge in [0.1, 0.15) is 0 Å². The van der Waals surface area contributed by atoms with Crippen molar-refractivity contribution in [2.45, 2.75) is 0 Å². The number of phenols is 1. The van der Waals surface area contributed by atoms with Gasteiger partial charge in [-0.2, -0.15) is 0 Å². The third-order valence-electron chi connectivity index (χ3n) is 2.25. The number of rotatable bonds is 1. The maximum atomic E-state index is 13.4. The Labute approximate surface area is 88.6 Å². The topological polar surface area (TPSA) is 57.5 Å². The summed E-state index contributed by atoms with van der Waals surface area (Å²) >= 11 is 0. The summed E-state index contributed by atoms with van der Waals surface area (Å²) < 4.78 is 26.4. The fourth-order valence-electron chi connectivity index (χ4n) is 1.45. The Morgan fingerprint density at radius 2 is 1.88 bits per heavy atom. The first-order valence-electron chi connectivity index (χ1n) is 4.34. The quantitative estimate of drug-likeness (QED) is 0.782. The lowest BCUT2D eigenvalue weighted by Crippen LogP contribution is -1.96. The first-order chi connectivity index (χ1) is 7.50. The largest absolute Gasteiger partial charge is 0.503 e. The molecule has 2 rings (SSSR count). The van der Waals surface area contributed by atoms with Crippen LogP contribution in [0.25, 0.3) is 10.8 Å². The summed E-state index contributed by atoms with van der Waals surface area (Å²) in [6.45, 7) is 0. The Morgan fingerprint density at radius 3 is 2.50 bits per heavy atom. The van der Waals surface area contributed by atoms with Gasteiger partial charge >= 0.3 is 5.97 Å². The molecular formula is C11H6F2O3. The average Bonchev–Trinajstić information content (AvgIpc) is 2.25. The molecule has 0 heterocycles. The van der Waals surface area contributed by atoms with Crippen LogP contribution >= 0.6 is 0 Å². The van der Waals surface area contributed by atoms with E-state index in [0.717, 1.165) is 12.1 Å². The highest BCUT2D eigenvalue weighted by molar-refractivity contribution is 5.95. The fraction of sp³-hybridized carbons (Fsp3) is 0. The highest BCUT2D eigenvalue weighted by Crippen LogP contribution is 2.29. The molecule has 0 radical (unpaired) electrons. The Morgan fingerprint density at radius 1 is 1.19 bits per heavy atom. The molecule has 0 aliphatic carbocycles. The van der Waals surface area contributed by atoms with Crippen molar-refractivity contribution >= 4 is 16.7 Å². The van der Waals surface area contributed by atoms with Crippen molar-refractivity contribution in [2.24, 2.45) is 0 Å². The van der Waals surface area contributed by atoms with Gasteiger partial charge in [0, 0.05) is 5.39 Å². The summed E-state index contributed by atoms with van der Waals surface area (Å²) in [4.78, 5) is 10.6. The number of hydrogen-bond acceptors (Lipinski definition) is 2. The van der Waals surface area contributed by atoms with Crippen LogP contribution in [0, 0.1) is 11.6 Å². The first kappa shape index (κ1) is 10.4. The summed E-state index contributed by atoms with van der Waals surface area (Å²) in [6.07, 6.45) is 0. The van der Waals surface area contributed by atoms with Crippen LogP contribution in [0.2, 0.25) is 0 Å². The molecule has 0 bridgehead atoms. The van der Waals surface area contributed by atoms with Gasteiger partial charge in [0.15, 0.2) is 17.4 Å². The highest BCUT2D eigenvalue weighted by Gasteiger charge is 2.13. The lowest BCUT2D eigenvalue weighted by Gasteiger charge is -2.04. The van der Waals surface area contributed by atoms with Crippen LogP contribution in [-0.4, -0.2) is 16.2 Å². The smallest absolute Gasteiger partial charge is 0.335 e. The minimum Gasteiger partial charge on any atom is -0.503 e. The van der Waals surface area contributed by atoms with Gasteiger partial charge in [-0.3, -0.25) is 0 Å². The zero-order chi connectivity index (χ0) is 11.9. The molecule has 0 unspecified atom stereocenters. The number of carbonyl (C=O) groups is 1. The number of benzene rings is 2. The van der Waals surface area contributed by atoms with E-state index in [1.165, 1.54) is 12.1 Å². The summed E-state index contributed by atoms with van der Waals surface area (Å²) in [7, 11) is 0. The van der Waals surface area contributed by atoms with Gasteiger partial charge in [-0.25, -0.2) is 13.6 Å². The molecule has 2 aromatic carbocycles. The normalized spacial score (nSPS) is 10.6. The minimum atomic E-state index is -1.18. The van der Waals surface area contributed by atoms with Gasteiger partial charge in [-0.05, 0) is 23.6 Å². The van der Waals surface area contributed by atoms with Gasteiger partial charge in [-0.15, -0.1) is 0 Å². The van der Waals surface area contributed by atoms with E-state index in [9.17, 15) is 13.6 Å². The SMILES string of the molecule is O=C(O)c1ccc2c(F)c(O)c(F)cc2c1. The molecule has 0 atom stereocenters. The summed E-state index contributed by atoms with van der Waals surface area (Å²) in [6, 6.07) is 4.40. The predicted molar refractivity (Wildman–Crippen MR) is 52.5 cm³/mol. The lowest BCUT2D eigenvalue weighted by molar-refractivity contribution is 0.0697. The molecule has 0 aliphatic heterocycles. The van der Waals surface area contributed by atoms with Crippen LogP contribution in [-0.2, 0) is 0 Å². The average molecular weight is 224 g/mol. The third kappa shape index (κ3) is 1.46. The van der Waals surface area contributed by atoms with Crippen molar-refractivity contribution < 1.29 is 23.8 Å². The van der Waals surface area contributed by atoms with E-state index in [1.807, 2.05) is 0 Å². The maximum absolute atomic E-state index is 13.4. The second-order valence-corrected chi connectivity index (χ2v) is 3.26. The van der Waals surface area contributed by atoms with Crippen molar-refractivity contribution in [1.82, 2.24) is 0 Å². The molecule has 16 heavy (non-hydrogen) atoms. The van der Waals surface area contributed by atoms with E-state index in [4.69, 9.17) is 10.2 Å². The lowest BCUT2D eigenvalue weighted by atomic mass is 10.1. The van der Waals surface area contributed by atoms with Gasteiger partial charge in [0.05, 0.1) is 5.56 Å². The van der Waals surface area contributed by atoms with Gasteiger partial charge in [0.2, 0.25) is 0 Å². The fourth-order valence-corrected chi connectivity index (χ4v) is 1.45. The molecule has 82 valence electrons. The number of carboxylic acid groups (broad SMARTS) is 1. The highest BCUT2D eigenvalue weighted by atomic mass is 19.1. The van der Waals surface area contributed by atoms with E-state index < -0.39 is 23.4 Å². The van der Waals surface area contributed by atoms with Crippen molar-refractivity contribution in [2.75, 3.05) is 0 Å². The summed E-state index contributed by atoms with van der Waals surface area (Å²) in [5.74, 6) is -4.45. The zero-order valence-electron chi connectivity index (χ0n) is 7.87. The summed E-state index contributed by atoms with van der Waals surface area (Å²) in [5, 5.41) is 17.8. The summed E-state index contributed by atoms with van der Waals surface area (Å²) in [5.41, 5.74) is -0.0722. The van der Waals surface area contributed by atoms with Crippen LogP contribution < -0.4 is 0 Å². The Balaban J connectivity index is 2.81. The van der Waals surface area contributed by atoms with Crippen LogP contribution in [0.4, 0.5) is 8.78 Å². The molecule has 2 aromatic rings. The number of halogens is 2. The van der Waals surface area contributed by atoms with Crippen LogP contribution in [0.3, 0.4) is 0 Å². The second kappa shape index (κ2) is 3.44. The van der Waals surface area contributed by atoms with Gasteiger partial charge in [-0.1, -0.05) is 6.07 Å². The molecule has 0 amide bonds. The van der Waals surface area contributed by atoms with Crippen molar-refractivity contribution in [1.29, 1.82) is 0 Å². The molecule has 0 saturated heterocycles. The van der Waals surface area contributed by atoms with E-state index >= 15 is 0 Å². The van der Waals surface area contributed by atoms with Crippen molar-refractivity contribution in [3.63, 3.8) is 0 Å². The Kier molecular flexibility index (Phi) is 2.23. The number of carboxylic acids is 1. The Bertz CT molecular complexity index is 593. The molecule has 3 nitrogen and oxygen atoms in total. The maximum Gasteiger partial charge on any atom is 0.335 e. The van der Waals surface area contributed by atoms with E-state index in [2.05, 4.69) is 0 Å². The third-order valence-corrected chi connectivity index (χ3v) is 2.25. The van der Waals surface area contributed by atoms with Gasteiger partial charge in [0.25, 0.3) is 0 Å². The van der Waals surface area contributed by atoms with Crippen LogP contribution in [0.15, 0.2) is 24.3 Å². The van der Waals surface area contributed by atoms with E-state index in [1.54, 1.807) is 0 Å². The second-order valence-electron chi connectivity index (χ2n) is 3.26. The zero-order valence-corrected chi connectivity index (χ0v) is 7.87. The van der Waals surface area contributed by atoms with Gasteiger partial charge < -0.3 is 10.2 Å². The van der Waals surface area contributed by atoms with Crippen molar-refractivity contribution in [3.8, 4) is 5.75 Å². The number of fused-ring (bicyclic) bond motifs is 1. The molecule has 2 N–H and O–H groups in total. The molecule has 0 fully saturated rings. The van der Waals surface area contributed by atoms with Crippen molar-refractivity contribution in [3.05, 3.63) is 41.5 Å².